The first kappa shape index (κ1) is 10.1. The van der Waals surface area contributed by atoms with E-state index in [4.69, 9.17) is 0 Å². The van der Waals surface area contributed by atoms with E-state index >= 15 is 0 Å². The normalized spacial score (nSPS) is 22.5. The number of carbonyl (C=O) groups excluding carboxylic acids is 1. The smallest absolute Gasteiger partial charge is 0.291 e. The minimum Gasteiger partial charge on any atom is -0.393 e. The molecule has 82 valence electrons. The fourth-order valence-electron chi connectivity index (χ4n) is 1.74. The van der Waals surface area contributed by atoms with Crippen molar-refractivity contribution < 1.29 is 9.90 Å². The second-order valence-corrected chi connectivity index (χ2v) is 3.71. The Kier molecular flexibility index (Phi) is 2.96. The summed E-state index contributed by atoms with van der Waals surface area (Å²) in [6.45, 7) is 1.26. The third-order valence-corrected chi connectivity index (χ3v) is 2.60. The summed E-state index contributed by atoms with van der Waals surface area (Å²) in [5, 5.41) is 16.7. The van der Waals surface area contributed by atoms with Crippen molar-refractivity contribution in [2.24, 2.45) is 0 Å². The van der Waals surface area contributed by atoms with Crippen LogP contribution in [0.15, 0.2) is 6.33 Å². The molecule has 1 aliphatic rings. The van der Waals surface area contributed by atoms with Gasteiger partial charge >= 0.3 is 0 Å². The van der Waals surface area contributed by atoms with Gasteiger partial charge in [0.25, 0.3) is 5.91 Å². The zero-order valence-corrected chi connectivity index (χ0v) is 8.39. The van der Waals surface area contributed by atoms with Gasteiger partial charge in [0.05, 0.1) is 6.10 Å². The zero-order chi connectivity index (χ0) is 10.7. The van der Waals surface area contributed by atoms with E-state index in [1.165, 1.54) is 6.33 Å². The zero-order valence-electron chi connectivity index (χ0n) is 8.39. The van der Waals surface area contributed by atoms with Crippen LogP contribution in [0.2, 0.25) is 0 Å². The summed E-state index contributed by atoms with van der Waals surface area (Å²) in [5.41, 5.74) is 0. The number of aliphatic hydroxyl groups excluding tert-OH is 1. The Bertz CT molecular complexity index is 325. The van der Waals surface area contributed by atoms with Crippen molar-refractivity contribution in [3.8, 4) is 0 Å². The Labute approximate surface area is 87.3 Å². The summed E-state index contributed by atoms with van der Waals surface area (Å²) in [5.74, 6) is 0.132. The van der Waals surface area contributed by atoms with Crippen molar-refractivity contribution in [1.82, 2.24) is 20.1 Å². The first-order chi connectivity index (χ1) is 7.27. The molecule has 0 aliphatic carbocycles. The molecule has 6 heteroatoms. The molecule has 1 aromatic rings. The molecule has 1 aromatic heterocycles. The molecule has 0 spiro atoms. The summed E-state index contributed by atoms with van der Waals surface area (Å²) >= 11 is 0. The summed E-state index contributed by atoms with van der Waals surface area (Å²) in [6.07, 6.45) is 3.35. The van der Waals surface area contributed by atoms with Gasteiger partial charge in [-0.1, -0.05) is 0 Å². The van der Waals surface area contributed by atoms with Crippen molar-refractivity contribution in [1.29, 1.82) is 0 Å². The van der Waals surface area contributed by atoms with Gasteiger partial charge in [-0.25, -0.2) is 0 Å². The summed E-state index contributed by atoms with van der Waals surface area (Å²) in [4.78, 5) is 16.2. The number of carbonyl (C=O) groups is 1. The second kappa shape index (κ2) is 4.39. The molecule has 0 aromatic carbocycles. The Morgan fingerprint density at radius 3 is 3.13 bits per heavy atom. The molecule has 1 fully saturated rings. The van der Waals surface area contributed by atoms with Gasteiger partial charge in [0.1, 0.15) is 6.33 Å². The lowest BCUT2D eigenvalue weighted by molar-refractivity contribution is 0.0741. The molecule has 1 aliphatic heterocycles. The van der Waals surface area contributed by atoms with Crippen LogP contribution >= 0.6 is 0 Å². The summed E-state index contributed by atoms with van der Waals surface area (Å²) in [7, 11) is 0. The second-order valence-electron chi connectivity index (χ2n) is 3.71. The van der Waals surface area contributed by atoms with E-state index in [2.05, 4.69) is 15.2 Å². The average molecular weight is 210 g/mol. The molecule has 2 heterocycles. The predicted octanol–water partition coefficient (Wildman–Crippen LogP) is -0.208. The molecule has 2 N–H and O–H groups in total. The van der Waals surface area contributed by atoms with Crippen molar-refractivity contribution in [3.63, 3.8) is 0 Å². The molecule has 2 rings (SSSR count). The molecule has 6 nitrogen and oxygen atoms in total. The molecular weight excluding hydrogens is 196 g/mol. The number of amides is 1. The van der Waals surface area contributed by atoms with Crippen molar-refractivity contribution in [3.05, 3.63) is 12.2 Å². The number of aromatic amines is 1. The highest BCUT2D eigenvalue weighted by Gasteiger charge is 2.21. The highest BCUT2D eigenvalue weighted by Crippen LogP contribution is 2.12. The van der Waals surface area contributed by atoms with Crippen LogP contribution in [-0.4, -0.2) is 50.3 Å². The maximum absolute atomic E-state index is 11.8. The first-order valence-electron chi connectivity index (χ1n) is 5.11. The van der Waals surface area contributed by atoms with Gasteiger partial charge in [-0.3, -0.25) is 4.79 Å². The molecule has 0 radical (unpaired) electrons. The topological polar surface area (TPSA) is 82.1 Å². The minimum atomic E-state index is -0.280. The van der Waals surface area contributed by atoms with E-state index in [9.17, 15) is 9.90 Å². The van der Waals surface area contributed by atoms with Gasteiger partial charge < -0.3 is 15.0 Å². The van der Waals surface area contributed by atoms with Crippen LogP contribution in [0.5, 0.6) is 0 Å². The maximum atomic E-state index is 11.8. The Morgan fingerprint density at radius 1 is 1.53 bits per heavy atom. The monoisotopic (exact) mass is 210 g/mol. The van der Waals surface area contributed by atoms with Gasteiger partial charge in [-0.05, 0) is 19.3 Å². The highest BCUT2D eigenvalue weighted by molar-refractivity contribution is 5.90. The Balaban J connectivity index is 2.01. The molecule has 1 saturated heterocycles. The van der Waals surface area contributed by atoms with Crippen LogP contribution in [0.1, 0.15) is 29.9 Å². The lowest BCUT2D eigenvalue weighted by Crippen LogP contribution is -2.33. The summed E-state index contributed by atoms with van der Waals surface area (Å²) in [6, 6.07) is 0. The first-order valence-corrected chi connectivity index (χ1v) is 5.11. The molecule has 1 unspecified atom stereocenters. The van der Waals surface area contributed by atoms with Crippen molar-refractivity contribution >= 4 is 5.91 Å². The van der Waals surface area contributed by atoms with Crippen molar-refractivity contribution in [2.75, 3.05) is 13.1 Å². The number of aromatic nitrogens is 3. The van der Waals surface area contributed by atoms with Gasteiger partial charge in [-0.15, -0.1) is 10.2 Å². The van der Waals surface area contributed by atoms with E-state index in [1.54, 1.807) is 4.90 Å². The van der Waals surface area contributed by atoms with E-state index in [0.29, 0.717) is 19.5 Å². The standard InChI is InChI=1S/C9H14N4O2/c14-7-2-1-4-13(5-3-7)9(15)8-10-6-11-12-8/h6-7,14H,1-5H2,(H,10,11,12). The number of rotatable bonds is 1. The van der Waals surface area contributed by atoms with Gasteiger partial charge in [0.15, 0.2) is 0 Å². The number of likely N-dealkylation sites (tertiary alicyclic amines) is 1. The quantitative estimate of drug-likeness (QED) is 0.672. The van der Waals surface area contributed by atoms with Crippen LogP contribution in [0.4, 0.5) is 0 Å². The molecule has 0 saturated carbocycles. The fourth-order valence-corrected chi connectivity index (χ4v) is 1.74. The lowest BCUT2D eigenvalue weighted by Gasteiger charge is -2.18. The predicted molar refractivity (Wildman–Crippen MR) is 52.1 cm³/mol. The number of nitrogens with one attached hydrogen (secondary N) is 1. The molecule has 1 amide bonds. The molecule has 1 atom stereocenters. The third kappa shape index (κ3) is 2.33. The van der Waals surface area contributed by atoms with E-state index in [0.717, 1.165) is 12.8 Å². The van der Waals surface area contributed by atoms with Crippen LogP contribution in [-0.2, 0) is 0 Å². The Hall–Kier alpha value is -1.43. The number of hydrogen-bond donors (Lipinski definition) is 2. The highest BCUT2D eigenvalue weighted by atomic mass is 16.3. The van der Waals surface area contributed by atoms with Gasteiger partial charge in [-0.2, -0.15) is 0 Å². The van der Waals surface area contributed by atoms with Crippen LogP contribution in [0.25, 0.3) is 0 Å². The van der Waals surface area contributed by atoms with E-state index in [-0.39, 0.29) is 17.8 Å². The van der Waals surface area contributed by atoms with Gasteiger partial charge in [0, 0.05) is 13.1 Å². The van der Waals surface area contributed by atoms with Crippen LogP contribution in [0.3, 0.4) is 0 Å². The summed E-state index contributed by atoms with van der Waals surface area (Å²) < 4.78 is 0. The minimum absolute atomic E-state index is 0.137. The number of nitrogens with zero attached hydrogens (tertiary/aromatic N) is 3. The lowest BCUT2D eigenvalue weighted by atomic mass is 10.2. The fraction of sp³-hybridized carbons (Fsp3) is 0.667. The number of hydrogen-bond acceptors (Lipinski definition) is 4. The molecule has 0 bridgehead atoms. The SMILES string of the molecule is O=C(c1nnc[nH]1)N1CCCC(O)CC1. The van der Waals surface area contributed by atoms with Crippen molar-refractivity contribution in [2.45, 2.75) is 25.4 Å². The van der Waals surface area contributed by atoms with Gasteiger partial charge in [0.2, 0.25) is 5.82 Å². The maximum Gasteiger partial charge on any atom is 0.291 e. The Morgan fingerprint density at radius 2 is 2.40 bits per heavy atom. The third-order valence-electron chi connectivity index (χ3n) is 2.60. The van der Waals surface area contributed by atoms with E-state index < -0.39 is 0 Å². The number of H-pyrrole nitrogens is 1. The molecular formula is C9H14N4O2. The van der Waals surface area contributed by atoms with Crippen LogP contribution < -0.4 is 0 Å². The van der Waals surface area contributed by atoms with Crippen LogP contribution in [0, 0.1) is 0 Å². The average Bonchev–Trinajstić information content (AvgIpc) is 2.67. The largest absolute Gasteiger partial charge is 0.393 e. The number of aliphatic hydroxyl groups is 1. The molecule has 15 heavy (non-hydrogen) atoms. The van der Waals surface area contributed by atoms with E-state index in [1.807, 2.05) is 0 Å².